The van der Waals surface area contributed by atoms with Crippen LogP contribution >= 0.6 is 27.7 Å². The van der Waals surface area contributed by atoms with E-state index >= 15 is 0 Å². The van der Waals surface area contributed by atoms with Crippen molar-refractivity contribution in [3.8, 4) is 6.07 Å². The third-order valence-corrected chi connectivity index (χ3v) is 4.46. The zero-order chi connectivity index (χ0) is 12.2. The fourth-order valence-electron chi connectivity index (χ4n) is 1.00. The quantitative estimate of drug-likeness (QED) is 0.856. The van der Waals surface area contributed by atoms with Crippen LogP contribution in [0, 0.1) is 11.3 Å². The average molecular weight is 321 g/mol. The molecule has 0 aliphatic carbocycles. The number of hydrogen-bond acceptors (Lipinski definition) is 4. The van der Waals surface area contributed by atoms with Crippen LogP contribution in [0.3, 0.4) is 0 Å². The Bertz CT molecular complexity index is 523. The SMILES string of the molecule is N#Cc1c(Br)cccc1SCCS(N)(=O)=O. The summed E-state index contributed by atoms with van der Waals surface area (Å²) in [7, 11) is -3.44. The van der Waals surface area contributed by atoms with Crippen molar-refractivity contribution in [2.45, 2.75) is 4.90 Å². The van der Waals surface area contributed by atoms with Crippen LogP contribution in [-0.2, 0) is 10.0 Å². The average Bonchev–Trinajstić information content (AvgIpc) is 2.16. The van der Waals surface area contributed by atoms with Crippen molar-refractivity contribution in [2.75, 3.05) is 11.5 Å². The van der Waals surface area contributed by atoms with Crippen LogP contribution in [0.5, 0.6) is 0 Å². The van der Waals surface area contributed by atoms with E-state index in [0.29, 0.717) is 15.8 Å². The van der Waals surface area contributed by atoms with Crippen molar-refractivity contribution < 1.29 is 8.42 Å². The fraction of sp³-hybridized carbons (Fsp3) is 0.222. The molecule has 2 N–H and O–H groups in total. The molecule has 86 valence electrons. The summed E-state index contributed by atoms with van der Waals surface area (Å²) in [6.07, 6.45) is 0. The predicted molar refractivity (Wildman–Crippen MR) is 67.6 cm³/mol. The van der Waals surface area contributed by atoms with Crippen molar-refractivity contribution in [2.24, 2.45) is 5.14 Å². The molecule has 0 heterocycles. The predicted octanol–water partition coefficient (Wildman–Crippen LogP) is 1.70. The lowest BCUT2D eigenvalue weighted by Crippen LogP contribution is -2.17. The van der Waals surface area contributed by atoms with Gasteiger partial charge in [-0.05, 0) is 28.1 Å². The third kappa shape index (κ3) is 4.14. The first kappa shape index (κ1) is 13.5. The van der Waals surface area contributed by atoms with Crippen molar-refractivity contribution in [3.05, 3.63) is 28.2 Å². The van der Waals surface area contributed by atoms with E-state index in [0.717, 1.165) is 4.90 Å². The Morgan fingerprint density at radius 2 is 2.19 bits per heavy atom. The maximum atomic E-state index is 10.7. The number of hydrogen-bond donors (Lipinski definition) is 1. The number of sulfonamides is 1. The highest BCUT2D eigenvalue weighted by atomic mass is 79.9. The fourth-order valence-corrected chi connectivity index (χ4v) is 3.54. The first-order valence-corrected chi connectivity index (χ1v) is 7.75. The minimum atomic E-state index is -3.44. The van der Waals surface area contributed by atoms with Crippen molar-refractivity contribution >= 4 is 37.7 Å². The summed E-state index contributed by atoms with van der Waals surface area (Å²) in [5.74, 6) is 0.235. The van der Waals surface area contributed by atoms with Gasteiger partial charge in [0.15, 0.2) is 0 Å². The Balaban J connectivity index is 2.76. The van der Waals surface area contributed by atoms with E-state index < -0.39 is 10.0 Å². The molecule has 0 atom stereocenters. The van der Waals surface area contributed by atoms with E-state index in [1.165, 1.54) is 11.8 Å². The lowest BCUT2D eigenvalue weighted by Gasteiger charge is -2.04. The standard InChI is InChI=1S/C9H9BrN2O2S2/c10-8-2-1-3-9(7(8)6-11)15-4-5-16(12,13)14/h1-3H,4-5H2,(H2,12,13,14). The molecule has 16 heavy (non-hydrogen) atoms. The van der Waals surface area contributed by atoms with Crippen molar-refractivity contribution in [1.82, 2.24) is 0 Å². The van der Waals surface area contributed by atoms with Gasteiger partial charge in [0.2, 0.25) is 10.0 Å². The number of nitrogens with zero attached hydrogens (tertiary/aromatic N) is 1. The molecule has 1 aromatic rings. The largest absolute Gasteiger partial charge is 0.229 e. The molecule has 0 fully saturated rings. The second-order valence-electron chi connectivity index (χ2n) is 2.94. The van der Waals surface area contributed by atoms with Crippen LogP contribution < -0.4 is 5.14 Å². The normalized spacial score (nSPS) is 11.1. The second kappa shape index (κ2) is 5.68. The molecule has 0 amide bonds. The van der Waals surface area contributed by atoms with Gasteiger partial charge in [0, 0.05) is 15.1 Å². The monoisotopic (exact) mass is 320 g/mol. The van der Waals surface area contributed by atoms with Crippen LogP contribution in [0.2, 0.25) is 0 Å². The Kier molecular flexibility index (Phi) is 4.80. The topological polar surface area (TPSA) is 83.9 Å². The number of halogens is 1. The molecule has 1 rings (SSSR count). The Hall–Kier alpha value is -0.550. The second-order valence-corrected chi connectivity index (χ2v) is 6.67. The zero-order valence-electron chi connectivity index (χ0n) is 8.18. The lowest BCUT2D eigenvalue weighted by atomic mass is 10.2. The van der Waals surface area contributed by atoms with Gasteiger partial charge in [-0.25, -0.2) is 13.6 Å². The number of rotatable bonds is 4. The van der Waals surface area contributed by atoms with E-state index in [2.05, 4.69) is 22.0 Å². The first-order chi connectivity index (χ1) is 7.44. The number of benzene rings is 1. The smallest absolute Gasteiger partial charge is 0.209 e. The van der Waals surface area contributed by atoms with E-state index in [1.54, 1.807) is 18.2 Å². The highest BCUT2D eigenvalue weighted by Gasteiger charge is 2.08. The van der Waals surface area contributed by atoms with Crippen LogP contribution in [0.15, 0.2) is 27.6 Å². The summed E-state index contributed by atoms with van der Waals surface area (Å²) in [5, 5.41) is 13.8. The molecule has 7 heteroatoms. The highest BCUT2D eigenvalue weighted by Crippen LogP contribution is 2.27. The van der Waals surface area contributed by atoms with E-state index in [9.17, 15) is 8.42 Å². The van der Waals surface area contributed by atoms with Crippen LogP contribution in [0.25, 0.3) is 0 Å². The minimum Gasteiger partial charge on any atom is -0.229 e. The summed E-state index contributed by atoms with van der Waals surface area (Å²) >= 11 is 4.56. The van der Waals surface area contributed by atoms with Crippen molar-refractivity contribution in [3.63, 3.8) is 0 Å². The molecular formula is C9H9BrN2O2S2. The molecule has 0 aliphatic heterocycles. The summed E-state index contributed by atoms with van der Waals surface area (Å²) in [4.78, 5) is 0.750. The van der Waals surface area contributed by atoms with Crippen molar-refractivity contribution in [1.29, 1.82) is 5.26 Å². The van der Waals surface area contributed by atoms with Gasteiger partial charge >= 0.3 is 0 Å². The number of nitrogens with two attached hydrogens (primary N) is 1. The van der Waals surface area contributed by atoms with Gasteiger partial charge in [0.05, 0.1) is 11.3 Å². The van der Waals surface area contributed by atoms with Gasteiger partial charge in [-0.1, -0.05) is 6.07 Å². The molecule has 0 unspecified atom stereocenters. The van der Waals surface area contributed by atoms with Gasteiger partial charge < -0.3 is 0 Å². The molecule has 0 bridgehead atoms. The Labute approximate surface area is 107 Å². The Morgan fingerprint density at radius 3 is 2.75 bits per heavy atom. The molecule has 0 saturated carbocycles. The molecular weight excluding hydrogens is 312 g/mol. The van der Waals surface area contributed by atoms with Gasteiger partial charge in [0.25, 0.3) is 0 Å². The molecule has 0 saturated heterocycles. The van der Waals surface area contributed by atoms with E-state index in [1.807, 2.05) is 0 Å². The summed E-state index contributed by atoms with van der Waals surface area (Å²) < 4.78 is 22.2. The number of nitriles is 1. The van der Waals surface area contributed by atoms with E-state index in [4.69, 9.17) is 10.4 Å². The molecule has 0 aliphatic rings. The first-order valence-electron chi connectivity index (χ1n) is 4.26. The molecule has 1 aromatic carbocycles. The summed E-state index contributed by atoms with van der Waals surface area (Å²) in [5.41, 5.74) is 0.516. The highest BCUT2D eigenvalue weighted by molar-refractivity contribution is 9.10. The van der Waals surface area contributed by atoms with Gasteiger partial charge in [-0.2, -0.15) is 5.26 Å². The molecule has 0 spiro atoms. The van der Waals surface area contributed by atoms with Crippen LogP contribution in [-0.4, -0.2) is 19.9 Å². The van der Waals surface area contributed by atoms with Gasteiger partial charge in [0.1, 0.15) is 6.07 Å². The Morgan fingerprint density at radius 1 is 1.50 bits per heavy atom. The van der Waals surface area contributed by atoms with Crippen LogP contribution in [0.4, 0.5) is 0 Å². The minimum absolute atomic E-state index is 0.102. The maximum absolute atomic E-state index is 10.7. The zero-order valence-corrected chi connectivity index (χ0v) is 11.4. The van der Waals surface area contributed by atoms with Gasteiger partial charge in [-0.3, -0.25) is 0 Å². The summed E-state index contributed by atoms with van der Waals surface area (Å²) in [6, 6.07) is 7.40. The summed E-state index contributed by atoms with van der Waals surface area (Å²) in [6.45, 7) is 0. The van der Waals surface area contributed by atoms with E-state index in [-0.39, 0.29) is 5.75 Å². The number of thioether (sulfide) groups is 1. The van der Waals surface area contributed by atoms with Crippen LogP contribution in [0.1, 0.15) is 5.56 Å². The lowest BCUT2D eigenvalue weighted by molar-refractivity contribution is 0.599. The molecule has 4 nitrogen and oxygen atoms in total. The van der Waals surface area contributed by atoms with Gasteiger partial charge in [-0.15, -0.1) is 11.8 Å². The molecule has 0 radical (unpaired) electrons. The molecule has 0 aromatic heterocycles. The third-order valence-electron chi connectivity index (χ3n) is 1.71. The number of primary sulfonamides is 1. The maximum Gasteiger partial charge on any atom is 0.209 e.